The summed E-state index contributed by atoms with van der Waals surface area (Å²) in [5, 5.41) is 6.78. The number of aromatic nitrogens is 2. The van der Waals surface area contributed by atoms with Crippen molar-refractivity contribution in [2.75, 3.05) is 17.2 Å². The van der Waals surface area contributed by atoms with Gasteiger partial charge in [-0.25, -0.2) is 9.37 Å². The van der Waals surface area contributed by atoms with Gasteiger partial charge in [-0.1, -0.05) is 30.7 Å². The first kappa shape index (κ1) is 15.5. The van der Waals surface area contributed by atoms with Crippen molar-refractivity contribution in [3.63, 3.8) is 0 Å². The molecule has 6 heteroatoms. The van der Waals surface area contributed by atoms with E-state index in [0.29, 0.717) is 16.8 Å². The number of rotatable bonds is 6. The van der Waals surface area contributed by atoms with Crippen LogP contribution in [0.3, 0.4) is 0 Å². The highest BCUT2D eigenvalue weighted by Crippen LogP contribution is 2.24. The van der Waals surface area contributed by atoms with E-state index < -0.39 is 0 Å². The summed E-state index contributed by atoms with van der Waals surface area (Å²) in [6.07, 6.45) is 2.55. The van der Waals surface area contributed by atoms with E-state index in [1.54, 1.807) is 18.3 Å². The smallest absolute Gasteiger partial charge is 0.224 e. The molecule has 4 nitrogen and oxygen atoms in total. The van der Waals surface area contributed by atoms with E-state index in [0.717, 1.165) is 18.5 Å². The number of nitrogens with one attached hydrogen (secondary N) is 2. The van der Waals surface area contributed by atoms with E-state index in [-0.39, 0.29) is 11.9 Å². The molecule has 1 atom stereocenters. The molecule has 2 rings (SSSR count). The molecule has 0 aliphatic heterocycles. The first-order valence-corrected chi connectivity index (χ1v) is 7.26. The normalized spacial score (nSPS) is 12.0. The predicted octanol–water partition coefficient (Wildman–Crippen LogP) is 4.26. The molecule has 0 aliphatic rings. The van der Waals surface area contributed by atoms with Gasteiger partial charge in [0.2, 0.25) is 5.95 Å². The zero-order valence-corrected chi connectivity index (χ0v) is 12.8. The fraction of sp³-hybridized carbons (Fsp3) is 0.333. The topological polar surface area (TPSA) is 49.8 Å². The minimum absolute atomic E-state index is 0.0444. The van der Waals surface area contributed by atoms with Crippen LogP contribution in [0.1, 0.15) is 31.9 Å². The van der Waals surface area contributed by atoms with Crippen molar-refractivity contribution in [3.05, 3.63) is 46.9 Å². The Morgan fingerprint density at radius 2 is 2.00 bits per heavy atom. The monoisotopic (exact) mass is 308 g/mol. The Balaban J connectivity index is 2.12. The number of hydrogen-bond acceptors (Lipinski definition) is 4. The molecule has 2 N–H and O–H groups in total. The Hall–Kier alpha value is -1.88. The van der Waals surface area contributed by atoms with Crippen molar-refractivity contribution in [2.24, 2.45) is 0 Å². The van der Waals surface area contributed by atoms with Gasteiger partial charge in [-0.2, -0.15) is 4.98 Å². The van der Waals surface area contributed by atoms with E-state index >= 15 is 0 Å². The molecule has 0 fully saturated rings. The highest BCUT2D eigenvalue weighted by Gasteiger charge is 2.10. The zero-order valence-electron chi connectivity index (χ0n) is 12.0. The number of hydrogen-bond donors (Lipinski definition) is 2. The molecule has 21 heavy (non-hydrogen) atoms. The Labute approximate surface area is 128 Å². The van der Waals surface area contributed by atoms with Crippen LogP contribution in [0.4, 0.5) is 16.2 Å². The third-order valence-corrected chi connectivity index (χ3v) is 3.28. The van der Waals surface area contributed by atoms with Crippen LogP contribution < -0.4 is 10.6 Å². The summed E-state index contributed by atoms with van der Waals surface area (Å²) in [7, 11) is 0. The largest absolute Gasteiger partial charge is 0.362 e. The maximum Gasteiger partial charge on any atom is 0.224 e. The minimum Gasteiger partial charge on any atom is -0.362 e. The van der Waals surface area contributed by atoms with E-state index in [2.05, 4.69) is 27.5 Å². The predicted molar refractivity (Wildman–Crippen MR) is 84.3 cm³/mol. The lowest BCUT2D eigenvalue weighted by molar-refractivity contribution is 0.626. The molecule has 0 spiro atoms. The molecule has 0 saturated heterocycles. The lowest BCUT2D eigenvalue weighted by Gasteiger charge is -2.16. The van der Waals surface area contributed by atoms with Crippen molar-refractivity contribution in [1.82, 2.24) is 9.97 Å². The van der Waals surface area contributed by atoms with Crippen molar-refractivity contribution in [3.8, 4) is 0 Å². The fourth-order valence-electron chi connectivity index (χ4n) is 1.83. The Morgan fingerprint density at radius 3 is 2.67 bits per heavy atom. The van der Waals surface area contributed by atoms with Gasteiger partial charge in [0.15, 0.2) is 5.82 Å². The van der Waals surface area contributed by atoms with Gasteiger partial charge < -0.3 is 10.6 Å². The third-order valence-electron chi connectivity index (χ3n) is 3.00. The molecular formula is C15H18ClFN4. The first-order valence-electron chi connectivity index (χ1n) is 6.88. The van der Waals surface area contributed by atoms with Gasteiger partial charge in [0.05, 0.1) is 6.20 Å². The van der Waals surface area contributed by atoms with Gasteiger partial charge in [0.1, 0.15) is 10.8 Å². The summed E-state index contributed by atoms with van der Waals surface area (Å²) < 4.78 is 12.9. The Morgan fingerprint density at radius 1 is 1.29 bits per heavy atom. The summed E-state index contributed by atoms with van der Waals surface area (Å²) >= 11 is 6.11. The van der Waals surface area contributed by atoms with Gasteiger partial charge in [0.25, 0.3) is 0 Å². The average Bonchev–Trinajstić information content (AvgIpc) is 2.48. The van der Waals surface area contributed by atoms with Gasteiger partial charge >= 0.3 is 0 Å². The number of nitrogens with zero attached hydrogens (tertiary/aromatic N) is 2. The zero-order chi connectivity index (χ0) is 15.2. The third kappa shape index (κ3) is 4.29. The molecular weight excluding hydrogens is 291 g/mol. The summed E-state index contributed by atoms with van der Waals surface area (Å²) in [6, 6.07) is 6.29. The second-order valence-corrected chi connectivity index (χ2v) is 5.14. The molecule has 1 aromatic carbocycles. The summed E-state index contributed by atoms with van der Waals surface area (Å²) in [5.74, 6) is 0.842. The summed E-state index contributed by atoms with van der Waals surface area (Å²) in [6.45, 7) is 4.83. The van der Waals surface area contributed by atoms with Crippen molar-refractivity contribution in [2.45, 2.75) is 26.3 Å². The molecule has 0 radical (unpaired) electrons. The van der Waals surface area contributed by atoms with E-state index in [1.807, 2.05) is 6.92 Å². The lowest BCUT2D eigenvalue weighted by Crippen LogP contribution is -2.11. The van der Waals surface area contributed by atoms with E-state index in [1.165, 1.54) is 12.1 Å². The quantitative estimate of drug-likeness (QED) is 0.837. The molecule has 0 saturated carbocycles. The Bertz CT molecular complexity index is 589. The standard InChI is InChI=1S/C15H18ClFN4/c1-3-8-18-15-19-9-13(16)14(21-15)20-10(2)11-4-6-12(17)7-5-11/h4-7,9-10H,3,8H2,1-2H3,(H2,18,19,20,21). The van der Waals surface area contributed by atoms with Gasteiger partial charge in [-0.3, -0.25) is 0 Å². The van der Waals surface area contributed by atoms with Crippen molar-refractivity contribution >= 4 is 23.4 Å². The van der Waals surface area contributed by atoms with Gasteiger partial charge in [0, 0.05) is 12.6 Å². The highest BCUT2D eigenvalue weighted by atomic mass is 35.5. The maximum absolute atomic E-state index is 12.9. The molecule has 0 aliphatic carbocycles. The first-order chi connectivity index (χ1) is 10.1. The molecule has 1 unspecified atom stereocenters. The second-order valence-electron chi connectivity index (χ2n) is 4.73. The van der Waals surface area contributed by atoms with Gasteiger partial charge in [-0.05, 0) is 31.0 Å². The van der Waals surface area contributed by atoms with Crippen LogP contribution in [0.5, 0.6) is 0 Å². The molecule has 112 valence electrons. The van der Waals surface area contributed by atoms with Crippen LogP contribution in [0.2, 0.25) is 5.02 Å². The maximum atomic E-state index is 12.9. The molecule has 2 aromatic rings. The highest BCUT2D eigenvalue weighted by molar-refractivity contribution is 6.32. The van der Waals surface area contributed by atoms with E-state index in [4.69, 9.17) is 11.6 Å². The van der Waals surface area contributed by atoms with Crippen LogP contribution >= 0.6 is 11.6 Å². The van der Waals surface area contributed by atoms with Crippen LogP contribution in [-0.4, -0.2) is 16.5 Å². The number of benzene rings is 1. The molecule has 1 heterocycles. The van der Waals surface area contributed by atoms with Crippen molar-refractivity contribution < 1.29 is 4.39 Å². The van der Waals surface area contributed by atoms with E-state index in [9.17, 15) is 4.39 Å². The lowest BCUT2D eigenvalue weighted by atomic mass is 10.1. The van der Waals surface area contributed by atoms with Crippen LogP contribution in [0.15, 0.2) is 30.5 Å². The van der Waals surface area contributed by atoms with Gasteiger partial charge in [-0.15, -0.1) is 0 Å². The van der Waals surface area contributed by atoms with Crippen LogP contribution in [0, 0.1) is 5.82 Å². The van der Waals surface area contributed by atoms with Crippen LogP contribution in [-0.2, 0) is 0 Å². The minimum atomic E-state index is -0.253. The fourth-order valence-corrected chi connectivity index (χ4v) is 1.98. The number of anilines is 2. The molecule has 0 amide bonds. The Kier molecular flexibility index (Phi) is 5.33. The number of halogens is 2. The van der Waals surface area contributed by atoms with Crippen molar-refractivity contribution in [1.29, 1.82) is 0 Å². The van der Waals surface area contributed by atoms with Crippen LogP contribution in [0.25, 0.3) is 0 Å². The molecule has 1 aromatic heterocycles. The summed E-state index contributed by atoms with van der Waals surface area (Å²) in [4.78, 5) is 8.48. The SMILES string of the molecule is CCCNc1ncc(Cl)c(NC(C)c2ccc(F)cc2)n1. The molecule has 0 bridgehead atoms. The second kappa shape index (κ2) is 7.22. The summed E-state index contributed by atoms with van der Waals surface area (Å²) in [5.41, 5.74) is 0.953. The average molecular weight is 309 g/mol.